The maximum absolute atomic E-state index is 12.0. The van der Waals surface area contributed by atoms with Crippen LogP contribution in [0.25, 0.3) is 0 Å². The molecule has 0 fully saturated rings. The number of ether oxygens (including phenoxy) is 2. The molecule has 168 valence electrons. The topological polar surface area (TPSA) is 84.0 Å². The van der Waals surface area contributed by atoms with Gasteiger partial charge in [-0.3, -0.25) is 9.79 Å². The number of hydrogen-bond donors (Lipinski definition) is 3. The van der Waals surface area contributed by atoms with Crippen molar-refractivity contribution in [3.8, 4) is 11.5 Å². The second-order valence-corrected chi connectivity index (χ2v) is 6.84. The molecule has 0 spiro atoms. The molecule has 0 unspecified atom stereocenters. The van der Waals surface area contributed by atoms with Gasteiger partial charge >= 0.3 is 0 Å². The molecule has 2 aromatic carbocycles. The second-order valence-electron chi connectivity index (χ2n) is 6.84. The minimum atomic E-state index is 0.00430. The number of nitrogens with one attached hydrogen (secondary N) is 3. The Morgan fingerprint density at radius 1 is 0.871 bits per heavy atom. The van der Waals surface area contributed by atoms with E-state index < -0.39 is 0 Å². The minimum absolute atomic E-state index is 0.00430. The molecule has 0 radical (unpaired) electrons. The quantitative estimate of drug-likeness (QED) is 0.359. The van der Waals surface area contributed by atoms with Gasteiger partial charge in [-0.05, 0) is 43.5 Å². The summed E-state index contributed by atoms with van der Waals surface area (Å²) in [6.45, 7) is 6.88. The van der Waals surface area contributed by atoms with Crippen LogP contribution in [0.15, 0.2) is 53.5 Å². The monoisotopic (exact) mass is 426 g/mol. The molecule has 0 aliphatic rings. The van der Waals surface area contributed by atoms with E-state index in [0.717, 1.165) is 29.0 Å². The zero-order chi connectivity index (χ0) is 22.3. The van der Waals surface area contributed by atoms with Crippen molar-refractivity contribution in [1.29, 1.82) is 0 Å². The average Bonchev–Trinajstić information content (AvgIpc) is 2.79. The molecule has 0 bridgehead atoms. The number of carbonyl (C=O) groups is 1. The standard InChI is InChI=1S/C24H34N4O3/c1-4-30-21-12-11-19(17-22(21)31-5-2)13-15-26-24(25-3)27-16-14-23(29)28-18-20-9-7-6-8-10-20/h6-12,17H,4-5,13-16,18H2,1-3H3,(H,28,29)(H2,25,26,27). The van der Waals surface area contributed by atoms with E-state index in [-0.39, 0.29) is 5.91 Å². The fraction of sp³-hybridized carbons (Fsp3) is 0.417. The molecular weight excluding hydrogens is 392 g/mol. The Bertz CT molecular complexity index is 825. The van der Waals surface area contributed by atoms with Crippen molar-refractivity contribution in [3.63, 3.8) is 0 Å². The Labute approximate surface area is 185 Å². The maximum Gasteiger partial charge on any atom is 0.222 e. The number of nitrogens with zero attached hydrogens (tertiary/aromatic N) is 1. The van der Waals surface area contributed by atoms with Crippen LogP contribution in [0.1, 0.15) is 31.4 Å². The highest BCUT2D eigenvalue weighted by Gasteiger charge is 2.07. The summed E-state index contributed by atoms with van der Waals surface area (Å²) < 4.78 is 11.3. The smallest absolute Gasteiger partial charge is 0.222 e. The van der Waals surface area contributed by atoms with Crippen molar-refractivity contribution in [1.82, 2.24) is 16.0 Å². The van der Waals surface area contributed by atoms with Gasteiger partial charge in [0, 0.05) is 33.1 Å². The van der Waals surface area contributed by atoms with Gasteiger partial charge < -0.3 is 25.4 Å². The van der Waals surface area contributed by atoms with Gasteiger partial charge in [-0.15, -0.1) is 0 Å². The fourth-order valence-electron chi connectivity index (χ4n) is 2.98. The molecule has 0 aromatic heterocycles. The fourth-order valence-corrected chi connectivity index (χ4v) is 2.98. The summed E-state index contributed by atoms with van der Waals surface area (Å²) in [7, 11) is 1.72. The number of amides is 1. The third kappa shape index (κ3) is 8.99. The van der Waals surface area contributed by atoms with E-state index in [9.17, 15) is 4.79 Å². The number of carbonyl (C=O) groups excluding carboxylic acids is 1. The molecule has 2 rings (SSSR count). The van der Waals surface area contributed by atoms with Crippen molar-refractivity contribution in [2.75, 3.05) is 33.4 Å². The Kier molecular flexibility index (Phi) is 10.8. The van der Waals surface area contributed by atoms with Crippen molar-refractivity contribution in [3.05, 3.63) is 59.7 Å². The molecule has 0 aliphatic heterocycles. The molecule has 0 heterocycles. The first-order valence-corrected chi connectivity index (χ1v) is 10.8. The highest BCUT2D eigenvalue weighted by Crippen LogP contribution is 2.28. The number of aliphatic imine (C=N–C) groups is 1. The number of guanidine groups is 1. The van der Waals surface area contributed by atoms with Crippen LogP contribution >= 0.6 is 0 Å². The van der Waals surface area contributed by atoms with Gasteiger partial charge in [-0.1, -0.05) is 36.4 Å². The van der Waals surface area contributed by atoms with E-state index in [0.29, 0.717) is 45.2 Å². The van der Waals surface area contributed by atoms with E-state index >= 15 is 0 Å². The van der Waals surface area contributed by atoms with Crippen molar-refractivity contribution in [2.45, 2.75) is 33.2 Å². The zero-order valence-electron chi connectivity index (χ0n) is 18.7. The van der Waals surface area contributed by atoms with Gasteiger partial charge in [0.05, 0.1) is 13.2 Å². The van der Waals surface area contributed by atoms with Gasteiger partial charge in [0.25, 0.3) is 0 Å². The van der Waals surface area contributed by atoms with Crippen LogP contribution in [0.2, 0.25) is 0 Å². The van der Waals surface area contributed by atoms with E-state index in [4.69, 9.17) is 9.47 Å². The van der Waals surface area contributed by atoms with E-state index in [1.165, 1.54) is 0 Å². The number of benzene rings is 2. The number of rotatable bonds is 12. The molecular formula is C24H34N4O3. The predicted octanol–water partition coefficient (Wildman–Crippen LogP) is 2.90. The van der Waals surface area contributed by atoms with Crippen LogP contribution in [0.3, 0.4) is 0 Å². The third-order valence-electron chi connectivity index (χ3n) is 4.51. The lowest BCUT2D eigenvalue weighted by atomic mass is 10.1. The SMILES string of the molecule is CCOc1ccc(CCNC(=NC)NCCC(=O)NCc2ccccc2)cc1OCC. The molecule has 7 nitrogen and oxygen atoms in total. The van der Waals surface area contributed by atoms with E-state index in [1.807, 2.05) is 62.4 Å². The first-order chi connectivity index (χ1) is 15.2. The highest BCUT2D eigenvalue weighted by atomic mass is 16.5. The largest absolute Gasteiger partial charge is 0.490 e. The van der Waals surface area contributed by atoms with Gasteiger partial charge in [0.2, 0.25) is 5.91 Å². The summed E-state index contributed by atoms with van der Waals surface area (Å²) >= 11 is 0. The lowest BCUT2D eigenvalue weighted by molar-refractivity contribution is -0.121. The van der Waals surface area contributed by atoms with Crippen LogP contribution in [0.5, 0.6) is 11.5 Å². The van der Waals surface area contributed by atoms with Crippen LogP contribution < -0.4 is 25.4 Å². The van der Waals surface area contributed by atoms with Crippen LogP contribution in [-0.2, 0) is 17.8 Å². The Balaban J connectivity index is 1.70. The molecule has 3 N–H and O–H groups in total. The summed E-state index contributed by atoms with van der Waals surface area (Å²) in [4.78, 5) is 16.2. The first kappa shape index (κ1) is 24.1. The summed E-state index contributed by atoms with van der Waals surface area (Å²) in [5.74, 6) is 2.21. The van der Waals surface area contributed by atoms with E-state index in [2.05, 4.69) is 20.9 Å². The molecule has 31 heavy (non-hydrogen) atoms. The molecule has 0 atom stereocenters. The van der Waals surface area contributed by atoms with Gasteiger partial charge in [0.15, 0.2) is 17.5 Å². The average molecular weight is 427 g/mol. The summed E-state index contributed by atoms with van der Waals surface area (Å²) in [5.41, 5.74) is 2.23. The summed E-state index contributed by atoms with van der Waals surface area (Å²) in [5, 5.41) is 9.37. The molecule has 0 saturated carbocycles. The maximum atomic E-state index is 12.0. The lowest BCUT2D eigenvalue weighted by Gasteiger charge is -2.14. The predicted molar refractivity (Wildman–Crippen MR) is 125 cm³/mol. The van der Waals surface area contributed by atoms with Crippen molar-refractivity contribution < 1.29 is 14.3 Å². The highest BCUT2D eigenvalue weighted by molar-refractivity contribution is 5.81. The molecule has 2 aromatic rings. The van der Waals surface area contributed by atoms with Crippen LogP contribution in [-0.4, -0.2) is 45.2 Å². The Hall–Kier alpha value is -3.22. The van der Waals surface area contributed by atoms with Crippen LogP contribution in [0, 0.1) is 0 Å². The minimum Gasteiger partial charge on any atom is -0.490 e. The van der Waals surface area contributed by atoms with Crippen molar-refractivity contribution >= 4 is 11.9 Å². The van der Waals surface area contributed by atoms with Crippen LogP contribution in [0.4, 0.5) is 0 Å². The molecule has 7 heteroatoms. The Morgan fingerprint density at radius 3 is 2.29 bits per heavy atom. The molecule has 1 amide bonds. The number of hydrogen-bond acceptors (Lipinski definition) is 4. The summed E-state index contributed by atoms with van der Waals surface area (Å²) in [6.07, 6.45) is 1.19. The van der Waals surface area contributed by atoms with Crippen molar-refractivity contribution in [2.24, 2.45) is 4.99 Å². The lowest BCUT2D eigenvalue weighted by Crippen LogP contribution is -2.40. The van der Waals surface area contributed by atoms with Gasteiger partial charge in [-0.25, -0.2) is 0 Å². The van der Waals surface area contributed by atoms with Gasteiger partial charge in [0.1, 0.15) is 0 Å². The first-order valence-electron chi connectivity index (χ1n) is 10.8. The van der Waals surface area contributed by atoms with E-state index in [1.54, 1.807) is 7.05 Å². The second kappa shape index (κ2) is 13.9. The Morgan fingerprint density at radius 2 is 1.58 bits per heavy atom. The third-order valence-corrected chi connectivity index (χ3v) is 4.51. The molecule has 0 saturated heterocycles. The van der Waals surface area contributed by atoms with Gasteiger partial charge in [-0.2, -0.15) is 0 Å². The molecule has 0 aliphatic carbocycles. The normalized spacial score (nSPS) is 11.0. The summed E-state index contributed by atoms with van der Waals surface area (Å²) in [6, 6.07) is 15.9. The zero-order valence-corrected chi connectivity index (χ0v) is 18.7.